The Balaban J connectivity index is 2.67. The van der Waals surface area contributed by atoms with Gasteiger partial charge in [-0.3, -0.25) is 0 Å². The number of nitrogens with one attached hydrogen (secondary N) is 1. The average Bonchev–Trinajstić information content (AvgIpc) is 2.46. The second-order valence-corrected chi connectivity index (χ2v) is 3.36. The average molecular weight is 200 g/mol. The summed E-state index contributed by atoms with van der Waals surface area (Å²) in [5.41, 5.74) is 2.06. The van der Waals surface area contributed by atoms with Gasteiger partial charge >= 0.3 is 0 Å². The maximum absolute atomic E-state index is 5.82. The van der Waals surface area contributed by atoms with Crippen LogP contribution < -0.4 is 0 Å². The van der Waals surface area contributed by atoms with Crippen LogP contribution in [-0.2, 0) is 5.88 Å². The highest BCUT2D eigenvalue weighted by Crippen LogP contribution is 2.20. The second kappa shape index (κ2) is 3.00. The first-order chi connectivity index (χ1) is 5.79. The molecule has 1 N–H and O–H groups in total. The molecule has 0 unspecified atom stereocenters. The summed E-state index contributed by atoms with van der Waals surface area (Å²) in [6, 6.07) is 7.77. The van der Waals surface area contributed by atoms with Crippen LogP contribution in [0.5, 0.6) is 0 Å². The van der Waals surface area contributed by atoms with E-state index in [4.69, 9.17) is 23.2 Å². The first-order valence-electron chi connectivity index (χ1n) is 3.63. The van der Waals surface area contributed by atoms with Crippen molar-refractivity contribution in [2.75, 3.05) is 0 Å². The number of benzene rings is 1. The predicted octanol–water partition coefficient (Wildman–Crippen LogP) is 3.56. The normalized spacial score (nSPS) is 10.8. The summed E-state index contributed by atoms with van der Waals surface area (Å²) < 4.78 is 0. The number of H-pyrrole nitrogens is 1. The first-order valence-corrected chi connectivity index (χ1v) is 4.54. The molecule has 0 atom stereocenters. The van der Waals surface area contributed by atoms with E-state index < -0.39 is 0 Å². The number of aromatic nitrogens is 1. The molecule has 1 heterocycles. The van der Waals surface area contributed by atoms with Gasteiger partial charge in [0.1, 0.15) is 0 Å². The van der Waals surface area contributed by atoms with E-state index in [2.05, 4.69) is 4.98 Å². The lowest BCUT2D eigenvalue weighted by Gasteiger charge is -1.89. The molecular weight excluding hydrogens is 193 g/mol. The summed E-state index contributed by atoms with van der Waals surface area (Å²) in [6.07, 6.45) is 0. The summed E-state index contributed by atoms with van der Waals surface area (Å²) in [6.45, 7) is 0. The highest BCUT2D eigenvalue weighted by Gasteiger charge is 1.99. The van der Waals surface area contributed by atoms with E-state index in [-0.39, 0.29) is 0 Å². The molecule has 1 aromatic heterocycles. The van der Waals surface area contributed by atoms with E-state index in [1.807, 2.05) is 24.3 Å². The first kappa shape index (κ1) is 7.96. The standard InChI is InChI=1S/C9H7Cl2N/c10-5-8-3-6-1-2-7(11)4-9(6)12-8/h1-4,12H,5H2. The Morgan fingerprint density at radius 3 is 2.83 bits per heavy atom. The van der Waals surface area contributed by atoms with Crippen molar-refractivity contribution in [2.24, 2.45) is 0 Å². The second-order valence-electron chi connectivity index (χ2n) is 2.66. The number of rotatable bonds is 1. The fourth-order valence-electron chi connectivity index (χ4n) is 1.23. The van der Waals surface area contributed by atoms with Gasteiger partial charge < -0.3 is 4.98 Å². The van der Waals surface area contributed by atoms with Crippen molar-refractivity contribution in [3.63, 3.8) is 0 Å². The zero-order chi connectivity index (χ0) is 8.55. The van der Waals surface area contributed by atoms with Crippen molar-refractivity contribution in [1.82, 2.24) is 4.98 Å². The zero-order valence-corrected chi connectivity index (χ0v) is 7.78. The molecule has 0 aliphatic carbocycles. The maximum atomic E-state index is 5.82. The molecule has 2 aromatic rings. The molecule has 12 heavy (non-hydrogen) atoms. The molecule has 62 valence electrons. The SMILES string of the molecule is ClCc1cc2ccc(Cl)cc2[nH]1. The minimum Gasteiger partial charge on any atom is -0.357 e. The molecule has 0 aliphatic heterocycles. The third-order valence-corrected chi connectivity index (χ3v) is 2.31. The number of alkyl halides is 1. The molecule has 0 saturated carbocycles. The van der Waals surface area contributed by atoms with Crippen molar-refractivity contribution in [3.8, 4) is 0 Å². The Bertz CT molecular complexity index is 406. The number of hydrogen-bond donors (Lipinski definition) is 1. The highest BCUT2D eigenvalue weighted by molar-refractivity contribution is 6.31. The molecule has 1 aromatic carbocycles. The van der Waals surface area contributed by atoms with Gasteiger partial charge in [-0.1, -0.05) is 17.7 Å². The predicted molar refractivity (Wildman–Crippen MR) is 52.9 cm³/mol. The smallest absolute Gasteiger partial charge is 0.0625 e. The third kappa shape index (κ3) is 1.30. The van der Waals surface area contributed by atoms with E-state index in [9.17, 15) is 0 Å². The summed E-state index contributed by atoms with van der Waals surface area (Å²) in [5, 5.41) is 1.89. The zero-order valence-electron chi connectivity index (χ0n) is 6.27. The maximum Gasteiger partial charge on any atom is 0.0625 e. The fraction of sp³-hybridized carbons (Fsp3) is 0.111. The molecule has 0 fully saturated rings. The molecule has 0 bridgehead atoms. The molecule has 3 heteroatoms. The van der Waals surface area contributed by atoms with Gasteiger partial charge in [0.15, 0.2) is 0 Å². The van der Waals surface area contributed by atoms with Crippen LogP contribution >= 0.6 is 23.2 Å². The third-order valence-electron chi connectivity index (χ3n) is 1.78. The summed E-state index contributed by atoms with van der Waals surface area (Å²) in [4.78, 5) is 3.17. The molecule has 0 aliphatic rings. The van der Waals surface area contributed by atoms with Crippen molar-refractivity contribution < 1.29 is 0 Å². The van der Waals surface area contributed by atoms with Gasteiger partial charge in [0, 0.05) is 16.2 Å². The molecule has 0 spiro atoms. The van der Waals surface area contributed by atoms with Crippen molar-refractivity contribution >= 4 is 34.1 Å². The molecule has 2 rings (SSSR count). The minimum atomic E-state index is 0.506. The summed E-state index contributed by atoms with van der Waals surface area (Å²) in [7, 11) is 0. The Kier molecular flexibility index (Phi) is 1.99. The van der Waals surface area contributed by atoms with Gasteiger partial charge in [-0.25, -0.2) is 0 Å². The topological polar surface area (TPSA) is 15.8 Å². The van der Waals surface area contributed by atoms with Gasteiger partial charge in [-0.15, -0.1) is 11.6 Å². The molecule has 0 radical (unpaired) electrons. The lowest BCUT2D eigenvalue weighted by molar-refractivity contribution is 1.26. The fourth-order valence-corrected chi connectivity index (χ4v) is 1.55. The van der Waals surface area contributed by atoms with Crippen molar-refractivity contribution in [1.29, 1.82) is 0 Å². The van der Waals surface area contributed by atoms with Crippen molar-refractivity contribution in [2.45, 2.75) is 5.88 Å². The van der Waals surface area contributed by atoms with Crippen LogP contribution in [0.4, 0.5) is 0 Å². The minimum absolute atomic E-state index is 0.506. The summed E-state index contributed by atoms with van der Waals surface area (Å²) in [5.74, 6) is 0.506. The Morgan fingerprint density at radius 1 is 1.25 bits per heavy atom. The lowest BCUT2D eigenvalue weighted by atomic mass is 10.2. The number of fused-ring (bicyclic) bond motifs is 1. The molecule has 1 nitrogen and oxygen atoms in total. The van der Waals surface area contributed by atoms with Crippen LogP contribution in [0.15, 0.2) is 24.3 Å². The Morgan fingerprint density at radius 2 is 2.08 bits per heavy atom. The number of aromatic amines is 1. The summed E-state index contributed by atoms with van der Waals surface area (Å²) >= 11 is 11.5. The van der Waals surface area contributed by atoms with Crippen LogP contribution in [0, 0.1) is 0 Å². The van der Waals surface area contributed by atoms with Crippen LogP contribution in [0.1, 0.15) is 5.69 Å². The van der Waals surface area contributed by atoms with Crippen LogP contribution in [0.25, 0.3) is 10.9 Å². The quantitative estimate of drug-likeness (QED) is 0.677. The Hall–Kier alpha value is -0.660. The van der Waals surface area contributed by atoms with E-state index >= 15 is 0 Å². The van der Waals surface area contributed by atoms with Crippen molar-refractivity contribution in [3.05, 3.63) is 35.0 Å². The number of halogens is 2. The lowest BCUT2D eigenvalue weighted by Crippen LogP contribution is -1.72. The molecular formula is C9H7Cl2N. The van der Waals surface area contributed by atoms with Gasteiger partial charge in [-0.05, 0) is 23.6 Å². The van der Waals surface area contributed by atoms with E-state index in [0.29, 0.717) is 5.88 Å². The number of hydrogen-bond acceptors (Lipinski definition) is 0. The van der Waals surface area contributed by atoms with Gasteiger partial charge in [-0.2, -0.15) is 0 Å². The monoisotopic (exact) mass is 199 g/mol. The van der Waals surface area contributed by atoms with Crippen LogP contribution in [-0.4, -0.2) is 4.98 Å². The van der Waals surface area contributed by atoms with Crippen LogP contribution in [0.2, 0.25) is 5.02 Å². The van der Waals surface area contributed by atoms with E-state index in [1.54, 1.807) is 0 Å². The largest absolute Gasteiger partial charge is 0.357 e. The molecule has 0 saturated heterocycles. The van der Waals surface area contributed by atoms with E-state index in [0.717, 1.165) is 21.6 Å². The molecule has 0 amide bonds. The van der Waals surface area contributed by atoms with Gasteiger partial charge in [0.2, 0.25) is 0 Å². The van der Waals surface area contributed by atoms with E-state index in [1.165, 1.54) is 0 Å². The Labute approximate surface area is 80.3 Å². The highest BCUT2D eigenvalue weighted by atomic mass is 35.5. The van der Waals surface area contributed by atoms with Gasteiger partial charge in [0.05, 0.1) is 5.88 Å². The van der Waals surface area contributed by atoms with Gasteiger partial charge in [0.25, 0.3) is 0 Å². The van der Waals surface area contributed by atoms with Crippen LogP contribution in [0.3, 0.4) is 0 Å².